The number of piperidine rings is 1. The maximum Gasteiger partial charge on any atom is 0.185 e. The van der Waals surface area contributed by atoms with E-state index in [9.17, 15) is 9.90 Å². The number of carbonyl (C=O) groups is 1. The lowest BCUT2D eigenvalue weighted by atomic mass is 10.1. The number of nitrogens with zero attached hydrogens (tertiary/aromatic N) is 2. The van der Waals surface area contributed by atoms with Crippen molar-refractivity contribution in [1.29, 1.82) is 0 Å². The molecule has 6 heteroatoms. The average molecular weight is 397 g/mol. The van der Waals surface area contributed by atoms with Crippen molar-refractivity contribution in [2.45, 2.75) is 18.9 Å². The molecule has 0 atom stereocenters. The largest absolute Gasteiger partial charge is 0.393 e. The van der Waals surface area contributed by atoms with E-state index >= 15 is 0 Å². The lowest BCUT2D eigenvalue weighted by Crippen LogP contribution is -2.35. The number of ketones is 1. The zero-order chi connectivity index (χ0) is 18.6. The maximum atomic E-state index is 12.4. The first kappa shape index (κ1) is 18.1. The maximum absolute atomic E-state index is 12.4. The van der Waals surface area contributed by atoms with Gasteiger partial charge in [-0.1, -0.05) is 6.07 Å². The number of benzene rings is 1. The van der Waals surface area contributed by atoms with Gasteiger partial charge in [-0.25, -0.2) is 4.98 Å². The average Bonchev–Trinajstić information content (AvgIpc) is 3.38. The van der Waals surface area contributed by atoms with Crippen LogP contribution in [0, 0.1) is 0 Å². The number of carbonyl (C=O) groups excluding carboxylic acids is 1. The second-order valence-electron chi connectivity index (χ2n) is 6.52. The van der Waals surface area contributed by atoms with Gasteiger partial charge in [0, 0.05) is 29.7 Å². The van der Waals surface area contributed by atoms with Gasteiger partial charge in [-0.05, 0) is 60.7 Å². The van der Waals surface area contributed by atoms with E-state index in [4.69, 9.17) is 0 Å². The van der Waals surface area contributed by atoms with Crippen LogP contribution in [0.2, 0.25) is 0 Å². The fourth-order valence-corrected chi connectivity index (χ4v) is 4.70. The van der Waals surface area contributed by atoms with Crippen LogP contribution in [0.4, 0.5) is 5.69 Å². The van der Waals surface area contributed by atoms with E-state index in [0.717, 1.165) is 47.2 Å². The first-order valence-corrected chi connectivity index (χ1v) is 10.7. The number of hydrogen-bond acceptors (Lipinski definition) is 6. The predicted octanol–water partition coefficient (Wildman–Crippen LogP) is 4.73. The number of allylic oxidation sites excluding steroid dienone is 1. The standard InChI is InChI=1S/C21H20N2O2S2/c24-18-9-11-23(12-10-18)17-6-3-15(4-7-17)19(25)8-5-16-14-27-21(22-16)20-2-1-13-26-20/h1-8,13-14,18,24H,9-12H2. The molecule has 3 aromatic rings. The van der Waals surface area contributed by atoms with E-state index < -0.39 is 0 Å². The van der Waals surface area contributed by atoms with Gasteiger partial charge in [-0.15, -0.1) is 22.7 Å². The van der Waals surface area contributed by atoms with Gasteiger partial charge < -0.3 is 10.0 Å². The minimum atomic E-state index is -0.182. The first-order chi connectivity index (χ1) is 13.2. The van der Waals surface area contributed by atoms with Crippen LogP contribution in [-0.2, 0) is 0 Å². The van der Waals surface area contributed by atoms with Gasteiger partial charge in [0.15, 0.2) is 5.78 Å². The summed E-state index contributed by atoms with van der Waals surface area (Å²) in [5, 5.41) is 14.6. The molecule has 138 valence electrons. The van der Waals surface area contributed by atoms with Gasteiger partial charge in [0.1, 0.15) is 5.01 Å². The Morgan fingerprint density at radius 1 is 1.15 bits per heavy atom. The number of aliphatic hydroxyl groups is 1. The van der Waals surface area contributed by atoms with Crippen LogP contribution in [0.5, 0.6) is 0 Å². The summed E-state index contributed by atoms with van der Waals surface area (Å²) in [5.74, 6) is -0.0266. The first-order valence-electron chi connectivity index (χ1n) is 8.94. The molecule has 2 aromatic heterocycles. The minimum Gasteiger partial charge on any atom is -0.393 e. The molecule has 27 heavy (non-hydrogen) atoms. The van der Waals surface area contributed by atoms with E-state index in [1.165, 1.54) is 0 Å². The third-order valence-electron chi connectivity index (χ3n) is 4.64. The summed E-state index contributed by atoms with van der Waals surface area (Å²) in [4.78, 5) is 20.4. The normalized spacial score (nSPS) is 15.5. The van der Waals surface area contributed by atoms with Gasteiger partial charge in [0.25, 0.3) is 0 Å². The highest BCUT2D eigenvalue weighted by molar-refractivity contribution is 7.20. The van der Waals surface area contributed by atoms with Crippen molar-refractivity contribution in [1.82, 2.24) is 4.98 Å². The molecule has 1 aromatic carbocycles. The van der Waals surface area contributed by atoms with Gasteiger partial charge in [0.05, 0.1) is 16.7 Å². The quantitative estimate of drug-likeness (QED) is 0.500. The van der Waals surface area contributed by atoms with Crippen LogP contribution >= 0.6 is 22.7 Å². The van der Waals surface area contributed by atoms with Crippen LogP contribution < -0.4 is 4.90 Å². The molecular weight excluding hydrogens is 376 g/mol. The molecule has 0 amide bonds. The summed E-state index contributed by atoms with van der Waals surface area (Å²) in [7, 11) is 0. The molecule has 0 saturated carbocycles. The van der Waals surface area contributed by atoms with Crippen LogP contribution in [0.25, 0.3) is 16.0 Å². The van der Waals surface area contributed by atoms with Crippen LogP contribution in [0.1, 0.15) is 28.9 Å². The van der Waals surface area contributed by atoms with Crippen molar-refractivity contribution in [3.63, 3.8) is 0 Å². The van der Waals surface area contributed by atoms with E-state index in [1.807, 2.05) is 47.2 Å². The SMILES string of the molecule is O=C(C=Cc1csc(-c2cccs2)n1)c1ccc(N2CCC(O)CC2)cc1. The summed E-state index contributed by atoms with van der Waals surface area (Å²) in [6.07, 6.45) is 4.77. The van der Waals surface area contributed by atoms with Crippen molar-refractivity contribution < 1.29 is 9.90 Å². The zero-order valence-corrected chi connectivity index (χ0v) is 16.4. The van der Waals surface area contributed by atoms with Crippen molar-refractivity contribution in [2.24, 2.45) is 0 Å². The van der Waals surface area contributed by atoms with Crippen molar-refractivity contribution in [2.75, 3.05) is 18.0 Å². The summed E-state index contributed by atoms with van der Waals surface area (Å²) >= 11 is 3.25. The molecule has 0 aliphatic carbocycles. The van der Waals surface area contributed by atoms with E-state index in [0.29, 0.717) is 5.56 Å². The number of hydrogen-bond donors (Lipinski definition) is 1. The smallest absolute Gasteiger partial charge is 0.185 e. The molecule has 1 N–H and O–H groups in total. The van der Waals surface area contributed by atoms with Crippen LogP contribution in [0.15, 0.2) is 53.2 Å². The molecule has 4 nitrogen and oxygen atoms in total. The van der Waals surface area contributed by atoms with Crippen molar-refractivity contribution in [3.05, 3.63) is 64.5 Å². The number of aliphatic hydroxyl groups excluding tert-OH is 1. The molecule has 3 heterocycles. The second kappa shape index (κ2) is 8.17. The molecular formula is C21H20N2O2S2. The lowest BCUT2D eigenvalue weighted by Gasteiger charge is -2.31. The fraction of sp³-hybridized carbons (Fsp3) is 0.238. The molecule has 1 fully saturated rings. The Balaban J connectivity index is 1.40. The molecule has 0 unspecified atom stereocenters. The molecule has 1 aliphatic heterocycles. The van der Waals surface area contributed by atoms with Crippen LogP contribution in [-0.4, -0.2) is 35.1 Å². The number of thiophene rings is 1. The molecule has 4 rings (SSSR count). The Labute approximate surface area is 166 Å². The Bertz CT molecular complexity index is 922. The third kappa shape index (κ3) is 4.35. The number of rotatable bonds is 5. The Hall–Kier alpha value is -2.28. The van der Waals surface area contributed by atoms with Crippen molar-refractivity contribution >= 4 is 40.2 Å². The van der Waals surface area contributed by atoms with Gasteiger partial charge in [-0.3, -0.25) is 4.79 Å². The van der Waals surface area contributed by atoms with Gasteiger partial charge in [-0.2, -0.15) is 0 Å². The highest BCUT2D eigenvalue weighted by atomic mass is 32.1. The monoisotopic (exact) mass is 396 g/mol. The molecule has 1 saturated heterocycles. The highest BCUT2D eigenvalue weighted by Crippen LogP contribution is 2.28. The summed E-state index contributed by atoms with van der Waals surface area (Å²) in [5.41, 5.74) is 2.57. The third-order valence-corrected chi connectivity index (χ3v) is 6.54. The molecule has 1 aliphatic rings. The lowest BCUT2D eigenvalue weighted by molar-refractivity contribution is 0.104. The zero-order valence-electron chi connectivity index (χ0n) is 14.7. The van der Waals surface area contributed by atoms with E-state index in [1.54, 1.807) is 34.8 Å². The Morgan fingerprint density at radius 3 is 2.63 bits per heavy atom. The fourth-order valence-electron chi connectivity index (χ4n) is 3.09. The summed E-state index contributed by atoms with van der Waals surface area (Å²) in [6, 6.07) is 11.8. The van der Waals surface area contributed by atoms with Crippen molar-refractivity contribution in [3.8, 4) is 9.88 Å². The topological polar surface area (TPSA) is 53.4 Å². The Kier molecular flexibility index (Phi) is 5.48. The van der Waals surface area contributed by atoms with E-state index in [-0.39, 0.29) is 11.9 Å². The van der Waals surface area contributed by atoms with Gasteiger partial charge in [0.2, 0.25) is 0 Å². The summed E-state index contributed by atoms with van der Waals surface area (Å²) in [6.45, 7) is 1.70. The van der Waals surface area contributed by atoms with E-state index in [2.05, 4.69) is 9.88 Å². The number of aromatic nitrogens is 1. The second-order valence-corrected chi connectivity index (χ2v) is 8.32. The predicted molar refractivity (Wildman–Crippen MR) is 113 cm³/mol. The number of anilines is 1. The molecule has 0 bridgehead atoms. The van der Waals surface area contributed by atoms with Gasteiger partial charge >= 0.3 is 0 Å². The number of thiazole rings is 1. The van der Waals surface area contributed by atoms with Crippen LogP contribution in [0.3, 0.4) is 0 Å². The minimum absolute atomic E-state index is 0.0266. The molecule has 0 spiro atoms. The Morgan fingerprint density at radius 2 is 1.93 bits per heavy atom. The molecule has 0 radical (unpaired) electrons. The summed E-state index contributed by atoms with van der Waals surface area (Å²) < 4.78 is 0. The highest BCUT2D eigenvalue weighted by Gasteiger charge is 2.17.